The van der Waals surface area contributed by atoms with Gasteiger partial charge in [0.1, 0.15) is 11.4 Å². The van der Waals surface area contributed by atoms with Gasteiger partial charge in [-0.3, -0.25) is 9.59 Å². The number of carbonyl (C=O) groups is 2. The number of benzene rings is 2. The molecular formula is C26H32FN3O5. The van der Waals surface area contributed by atoms with E-state index in [-0.39, 0.29) is 30.2 Å². The van der Waals surface area contributed by atoms with Crippen LogP contribution in [0.1, 0.15) is 36.4 Å². The van der Waals surface area contributed by atoms with Gasteiger partial charge in [-0.25, -0.2) is 4.39 Å². The summed E-state index contributed by atoms with van der Waals surface area (Å²) < 4.78 is 29.7. The second-order valence-corrected chi connectivity index (χ2v) is 9.09. The van der Waals surface area contributed by atoms with Crippen molar-refractivity contribution in [2.45, 2.75) is 37.4 Å². The van der Waals surface area contributed by atoms with Crippen molar-refractivity contribution < 1.29 is 28.2 Å². The Balaban J connectivity index is 1.59. The summed E-state index contributed by atoms with van der Waals surface area (Å²) in [4.78, 5) is 30.5. The molecule has 0 spiro atoms. The van der Waals surface area contributed by atoms with Gasteiger partial charge in [0.2, 0.25) is 17.6 Å². The number of amides is 2. The van der Waals surface area contributed by atoms with Gasteiger partial charge in [0.15, 0.2) is 11.5 Å². The predicted octanol–water partition coefficient (Wildman–Crippen LogP) is 2.91. The Kier molecular flexibility index (Phi) is 7.16. The Hall–Kier alpha value is -3.33. The molecule has 2 fully saturated rings. The Morgan fingerprint density at radius 2 is 1.66 bits per heavy atom. The maximum absolute atomic E-state index is 13.8. The number of piperidine rings is 1. The van der Waals surface area contributed by atoms with Crippen LogP contribution in [-0.2, 0) is 16.1 Å². The van der Waals surface area contributed by atoms with Crippen molar-refractivity contribution in [2.75, 3.05) is 41.5 Å². The highest BCUT2D eigenvalue weighted by atomic mass is 19.1. The predicted molar refractivity (Wildman–Crippen MR) is 128 cm³/mol. The normalized spacial score (nSPS) is 19.6. The first-order valence-electron chi connectivity index (χ1n) is 11.7. The number of halogens is 1. The molecule has 1 atom stereocenters. The van der Waals surface area contributed by atoms with E-state index >= 15 is 0 Å². The Morgan fingerprint density at radius 1 is 1.06 bits per heavy atom. The lowest BCUT2D eigenvalue weighted by molar-refractivity contribution is -0.169. The molecule has 1 N–H and O–H groups in total. The van der Waals surface area contributed by atoms with Crippen molar-refractivity contribution in [3.63, 3.8) is 0 Å². The average Bonchev–Trinajstić information content (AvgIpc) is 2.87. The first kappa shape index (κ1) is 24.8. The first-order valence-corrected chi connectivity index (χ1v) is 11.7. The first-order chi connectivity index (χ1) is 16.8. The highest BCUT2D eigenvalue weighted by Gasteiger charge is 2.55. The zero-order valence-electron chi connectivity index (χ0n) is 20.6. The number of hydrogen-bond donors (Lipinski definition) is 1. The summed E-state index contributed by atoms with van der Waals surface area (Å²) in [5.74, 6) is 0.887. The highest BCUT2D eigenvalue weighted by Crippen LogP contribution is 2.45. The summed E-state index contributed by atoms with van der Waals surface area (Å²) in [6, 6.07) is 9.49. The fourth-order valence-corrected chi connectivity index (χ4v) is 5.06. The topological polar surface area (TPSA) is 80.3 Å². The molecule has 0 bridgehead atoms. The van der Waals surface area contributed by atoms with E-state index in [2.05, 4.69) is 10.2 Å². The molecule has 2 aliphatic rings. The third kappa shape index (κ3) is 4.65. The van der Waals surface area contributed by atoms with Gasteiger partial charge < -0.3 is 29.3 Å². The molecule has 8 nitrogen and oxygen atoms in total. The van der Waals surface area contributed by atoms with E-state index in [1.54, 1.807) is 29.2 Å². The minimum absolute atomic E-state index is 0.0631. The molecule has 4 rings (SSSR count). The quantitative estimate of drug-likeness (QED) is 0.580. The lowest BCUT2D eigenvalue weighted by atomic mass is 9.78. The maximum Gasteiger partial charge on any atom is 0.246 e. The number of hydrogen-bond acceptors (Lipinski definition) is 6. The molecule has 1 unspecified atom stereocenters. The van der Waals surface area contributed by atoms with Crippen molar-refractivity contribution in [1.29, 1.82) is 0 Å². The lowest BCUT2D eigenvalue weighted by Gasteiger charge is -2.55. The fourth-order valence-electron chi connectivity index (χ4n) is 5.06. The SMILES string of the molecule is COc1cc(CNC(=O)C2(N3C(=O)CC3c3ccc(F)cc3)CCN(C)CC2)cc(OC)c1OC. The maximum atomic E-state index is 13.8. The molecule has 0 aliphatic carbocycles. The standard InChI is InChI=1S/C26H32FN3O5/c1-29-11-9-26(10-12-29,30-20(15-23(30)31)18-5-7-19(27)8-6-18)25(32)28-16-17-13-21(33-2)24(35-4)22(14-17)34-3/h5-8,13-14,20H,9-12,15-16H2,1-4H3,(H,28,32). The summed E-state index contributed by atoms with van der Waals surface area (Å²) in [6.07, 6.45) is 1.35. The van der Waals surface area contributed by atoms with E-state index < -0.39 is 5.54 Å². The summed E-state index contributed by atoms with van der Waals surface area (Å²) in [6.45, 7) is 1.62. The number of rotatable bonds is 8. The molecule has 2 saturated heterocycles. The highest BCUT2D eigenvalue weighted by molar-refractivity contribution is 5.95. The molecule has 2 heterocycles. The summed E-state index contributed by atoms with van der Waals surface area (Å²) in [5.41, 5.74) is 0.643. The molecule has 9 heteroatoms. The number of β-lactam (4-membered cyclic amide) rings is 1. The second kappa shape index (κ2) is 10.1. The number of carbonyl (C=O) groups excluding carboxylic acids is 2. The van der Waals surface area contributed by atoms with Crippen LogP contribution in [0.25, 0.3) is 0 Å². The molecule has 0 aromatic heterocycles. The average molecular weight is 486 g/mol. The molecular weight excluding hydrogens is 453 g/mol. The van der Waals surface area contributed by atoms with Crippen LogP contribution in [0.15, 0.2) is 36.4 Å². The van der Waals surface area contributed by atoms with Crippen LogP contribution < -0.4 is 19.5 Å². The smallest absolute Gasteiger partial charge is 0.246 e. The van der Waals surface area contributed by atoms with Crippen molar-refractivity contribution in [3.8, 4) is 17.2 Å². The van der Waals surface area contributed by atoms with Crippen LogP contribution >= 0.6 is 0 Å². The number of likely N-dealkylation sites (tertiary alicyclic amines) is 2. The van der Waals surface area contributed by atoms with Gasteiger partial charge in [-0.05, 0) is 55.3 Å². The van der Waals surface area contributed by atoms with Crippen molar-refractivity contribution in [1.82, 2.24) is 15.1 Å². The molecule has 0 radical (unpaired) electrons. The number of nitrogens with one attached hydrogen (secondary N) is 1. The van der Waals surface area contributed by atoms with Crippen LogP contribution in [0.2, 0.25) is 0 Å². The molecule has 0 saturated carbocycles. The molecule has 188 valence electrons. The van der Waals surface area contributed by atoms with E-state index in [0.29, 0.717) is 49.6 Å². The van der Waals surface area contributed by atoms with Gasteiger partial charge in [0.05, 0.1) is 33.8 Å². The lowest BCUT2D eigenvalue weighted by Crippen LogP contribution is -2.68. The van der Waals surface area contributed by atoms with Gasteiger partial charge in [-0.15, -0.1) is 0 Å². The van der Waals surface area contributed by atoms with Gasteiger partial charge in [-0.1, -0.05) is 12.1 Å². The summed E-state index contributed by atoms with van der Waals surface area (Å²) >= 11 is 0. The molecule has 2 aromatic rings. The largest absolute Gasteiger partial charge is 0.493 e. The Bertz CT molecular complexity index is 1060. The number of nitrogens with zero attached hydrogens (tertiary/aromatic N) is 2. The number of ether oxygens (including phenoxy) is 3. The number of methoxy groups -OCH3 is 3. The van der Waals surface area contributed by atoms with Gasteiger partial charge >= 0.3 is 0 Å². The Labute approximate surface area is 204 Å². The summed E-state index contributed by atoms with van der Waals surface area (Å²) in [7, 11) is 6.62. The van der Waals surface area contributed by atoms with E-state index in [9.17, 15) is 14.0 Å². The monoisotopic (exact) mass is 485 g/mol. The minimum atomic E-state index is -0.971. The van der Waals surface area contributed by atoms with Crippen LogP contribution in [0.4, 0.5) is 4.39 Å². The van der Waals surface area contributed by atoms with Crippen LogP contribution in [0.5, 0.6) is 17.2 Å². The van der Waals surface area contributed by atoms with Gasteiger partial charge in [-0.2, -0.15) is 0 Å². The van der Waals surface area contributed by atoms with Crippen molar-refractivity contribution in [3.05, 3.63) is 53.3 Å². The summed E-state index contributed by atoms with van der Waals surface area (Å²) in [5, 5.41) is 3.05. The van der Waals surface area contributed by atoms with Crippen LogP contribution in [0.3, 0.4) is 0 Å². The van der Waals surface area contributed by atoms with Gasteiger partial charge in [0.25, 0.3) is 0 Å². The van der Waals surface area contributed by atoms with Crippen molar-refractivity contribution in [2.24, 2.45) is 0 Å². The van der Waals surface area contributed by atoms with E-state index in [4.69, 9.17) is 14.2 Å². The van der Waals surface area contributed by atoms with E-state index in [1.165, 1.54) is 33.5 Å². The second-order valence-electron chi connectivity index (χ2n) is 9.09. The third-order valence-electron chi connectivity index (χ3n) is 7.08. The van der Waals surface area contributed by atoms with E-state index in [1.807, 2.05) is 7.05 Å². The van der Waals surface area contributed by atoms with Crippen LogP contribution in [-0.4, -0.2) is 68.6 Å². The molecule has 35 heavy (non-hydrogen) atoms. The minimum Gasteiger partial charge on any atom is -0.493 e. The molecule has 2 aromatic carbocycles. The van der Waals surface area contributed by atoms with E-state index in [0.717, 1.165) is 11.1 Å². The molecule has 2 amide bonds. The van der Waals surface area contributed by atoms with Crippen LogP contribution in [0, 0.1) is 5.82 Å². The third-order valence-corrected chi connectivity index (χ3v) is 7.08. The zero-order chi connectivity index (χ0) is 25.2. The fraction of sp³-hybridized carbons (Fsp3) is 0.462. The molecule has 2 aliphatic heterocycles. The zero-order valence-corrected chi connectivity index (χ0v) is 20.6. The Morgan fingerprint density at radius 3 is 2.17 bits per heavy atom. The van der Waals surface area contributed by atoms with Crippen molar-refractivity contribution >= 4 is 11.8 Å². The van der Waals surface area contributed by atoms with Gasteiger partial charge in [0, 0.05) is 19.6 Å².